The Kier molecular flexibility index (Phi) is 4.49. The molecule has 18 heavy (non-hydrogen) atoms. The Balaban J connectivity index is 2.04. The maximum absolute atomic E-state index is 12.1. The van der Waals surface area contributed by atoms with Gasteiger partial charge in [-0.15, -0.1) is 0 Å². The number of nitrogen functional groups attached to an aromatic ring is 1. The van der Waals surface area contributed by atoms with Crippen LogP contribution in [0.25, 0.3) is 0 Å². The van der Waals surface area contributed by atoms with Gasteiger partial charge in [0, 0.05) is 34.2 Å². The molecular weight excluding hydrogens is 312 g/mol. The van der Waals surface area contributed by atoms with Crippen LogP contribution in [0.4, 0.5) is 5.69 Å². The van der Waals surface area contributed by atoms with Gasteiger partial charge in [0.2, 0.25) is 0 Å². The highest BCUT2D eigenvalue weighted by molar-refractivity contribution is 9.10. The molecule has 0 fully saturated rings. The zero-order chi connectivity index (χ0) is 13.0. The third-order valence-electron chi connectivity index (χ3n) is 2.49. The maximum atomic E-state index is 12.1. The van der Waals surface area contributed by atoms with E-state index in [9.17, 15) is 4.21 Å². The first-order chi connectivity index (χ1) is 8.66. The monoisotopic (exact) mass is 324 g/mol. The molecule has 0 radical (unpaired) electrons. The van der Waals surface area contributed by atoms with Gasteiger partial charge in [-0.1, -0.05) is 22.0 Å². The van der Waals surface area contributed by atoms with E-state index in [4.69, 9.17) is 5.73 Å². The summed E-state index contributed by atoms with van der Waals surface area (Å²) in [4.78, 5) is 4.90. The first-order valence-corrected chi connectivity index (χ1v) is 7.61. The molecule has 0 aliphatic carbocycles. The van der Waals surface area contributed by atoms with Crippen molar-refractivity contribution in [3.8, 4) is 0 Å². The Bertz CT molecular complexity index is 560. The minimum atomic E-state index is -1.09. The van der Waals surface area contributed by atoms with E-state index in [2.05, 4.69) is 20.9 Å². The fraction of sp³-hybridized carbons (Fsp3) is 0.154. The van der Waals surface area contributed by atoms with Gasteiger partial charge in [0.15, 0.2) is 0 Å². The quantitative estimate of drug-likeness (QED) is 0.880. The first kappa shape index (κ1) is 13.2. The molecule has 0 saturated carbocycles. The topological polar surface area (TPSA) is 56.0 Å². The third kappa shape index (κ3) is 3.40. The van der Waals surface area contributed by atoms with Crippen LogP contribution in [0, 0.1) is 0 Å². The Morgan fingerprint density at radius 2 is 2.11 bits per heavy atom. The molecule has 0 bridgehead atoms. The predicted molar refractivity (Wildman–Crippen MR) is 77.8 cm³/mol. The van der Waals surface area contributed by atoms with E-state index >= 15 is 0 Å². The summed E-state index contributed by atoms with van der Waals surface area (Å²) in [6.07, 6.45) is 2.43. The number of rotatable bonds is 4. The first-order valence-electron chi connectivity index (χ1n) is 5.50. The van der Waals surface area contributed by atoms with Crippen molar-refractivity contribution < 1.29 is 4.21 Å². The van der Waals surface area contributed by atoms with Gasteiger partial charge in [0.25, 0.3) is 0 Å². The highest BCUT2D eigenvalue weighted by Gasteiger charge is 2.08. The van der Waals surface area contributed by atoms with Crippen molar-refractivity contribution in [1.82, 2.24) is 4.98 Å². The fourth-order valence-corrected chi connectivity index (χ4v) is 3.11. The average molecular weight is 325 g/mol. The molecule has 5 heteroatoms. The lowest BCUT2D eigenvalue weighted by Crippen LogP contribution is -2.05. The summed E-state index contributed by atoms with van der Waals surface area (Å²) >= 11 is 3.33. The molecule has 0 aliphatic rings. The standard InChI is InChI=1S/C13H13BrN2OS/c14-10-4-5-13(12(15)9-10)18(17)8-6-11-3-1-2-7-16-11/h1-5,7,9H,6,8,15H2. The van der Waals surface area contributed by atoms with Crippen LogP contribution in [0.5, 0.6) is 0 Å². The second-order valence-corrected chi connectivity index (χ2v) is 6.26. The van der Waals surface area contributed by atoms with E-state index < -0.39 is 10.8 Å². The Morgan fingerprint density at radius 1 is 1.28 bits per heavy atom. The molecule has 0 amide bonds. The smallest absolute Gasteiger partial charge is 0.0618 e. The zero-order valence-corrected chi connectivity index (χ0v) is 12.1. The van der Waals surface area contributed by atoms with Crippen LogP contribution in [0.15, 0.2) is 52.0 Å². The Morgan fingerprint density at radius 3 is 2.78 bits per heavy atom. The molecule has 2 aromatic rings. The second kappa shape index (κ2) is 6.11. The van der Waals surface area contributed by atoms with Crippen LogP contribution < -0.4 is 5.73 Å². The molecule has 0 aliphatic heterocycles. The highest BCUT2D eigenvalue weighted by Crippen LogP contribution is 2.21. The lowest BCUT2D eigenvalue weighted by atomic mass is 10.3. The number of hydrogen-bond donors (Lipinski definition) is 1. The van der Waals surface area contributed by atoms with E-state index in [1.54, 1.807) is 18.3 Å². The molecular formula is C13H13BrN2OS. The van der Waals surface area contributed by atoms with Gasteiger partial charge >= 0.3 is 0 Å². The van der Waals surface area contributed by atoms with Gasteiger partial charge in [-0.05, 0) is 30.3 Å². The number of aryl methyl sites for hydroxylation is 1. The van der Waals surface area contributed by atoms with Crippen molar-refractivity contribution in [2.75, 3.05) is 11.5 Å². The summed E-state index contributed by atoms with van der Waals surface area (Å²) in [5.41, 5.74) is 7.36. The summed E-state index contributed by atoms with van der Waals surface area (Å²) in [5.74, 6) is 0.531. The SMILES string of the molecule is Nc1cc(Br)ccc1S(=O)CCc1ccccn1. The Labute approximate surface area is 117 Å². The number of benzene rings is 1. The summed E-state index contributed by atoms with van der Waals surface area (Å²) < 4.78 is 13.0. The van der Waals surface area contributed by atoms with Crippen LogP contribution >= 0.6 is 15.9 Å². The summed E-state index contributed by atoms with van der Waals surface area (Å²) in [7, 11) is -1.09. The number of nitrogens with two attached hydrogens (primary N) is 1. The molecule has 94 valence electrons. The van der Waals surface area contributed by atoms with Crippen LogP contribution in [-0.4, -0.2) is 14.9 Å². The number of halogens is 1. The third-order valence-corrected chi connectivity index (χ3v) is 4.42. The fourth-order valence-electron chi connectivity index (χ4n) is 1.58. The van der Waals surface area contributed by atoms with Crippen molar-refractivity contribution in [3.05, 3.63) is 52.8 Å². The predicted octanol–water partition coefficient (Wildman–Crippen LogP) is 2.78. The van der Waals surface area contributed by atoms with Crippen LogP contribution in [0.2, 0.25) is 0 Å². The van der Waals surface area contributed by atoms with Crippen LogP contribution in [-0.2, 0) is 17.2 Å². The van der Waals surface area contributed by atoms with E-state index in [-0.39, 0.29) is 0 Å². The lowest BCUT2D eigenvalue weighted by molar-refractivity contribution is 0.682. The van der Waals surface area contributed by atoms with E-state index in [0.717, 1.165) is 10.2 Å². The van der Waals surface area contributed by atoms with Crippen molar-refractivity contribution in [3.63, 3.8) is 0 Å². The maximum Gasteiger partial charge on any atom is 0.0618 e. The summed E-state index contributed by atoms with van der Waals surface area (Å²) in [6, 6.07) is 11.2. The minimum absolute atomic E-state index is 0.531. The Hall–Kier alpha value is -1.20. The molecule has 1 atom stereocenters. The lowest BCUT2D eigenvalue weighted by Gasteiger charge is -2.06. The molecule has 2 rings (SSSR count). The van der Waals surface area contributed by atoms with E-state index in [1.165, 1.54) is 0 Å². The average Bonchev–Trinajstić information content (AvgIpc) is 2.37. The van der Waals surface area contributed by atoms with Gasteiger partial charge < -0.3 is 5.73 Å². The molecule has 1 heterocycles. The van der Waals surface area contributed by atoms with Gasteiger partial charge in [-0.25, -0.2) is 0 Å². The van der Waals surface area contributed by atoms with Crippen LogP contribution in [0.1, 0.15) is 5.69 Å². The molecule has 1 unspecified atom stereocenters. The number of anilines is 1. The highest BCUT2D eigenvalue weighted by atomic mass is 79.9. The van der Waals surface area contributed by atoms with Gasteiger partial charge in [-0.2, -0.15) is 0 Å². The molecule has 0 spiro atoms. The van der Waals surface area contributed by atoms with E-state index in [0.29, 0.717) is 22.8 Å². The van der Waals surface area contributed by atoms with Crippen LogP contribution in [0.3, 0.4) is 0 Å². The summed E-state index contributed by atoms with van der Waals surface area (Å²) in [6.45, 7) is 0. The number of hydrogen-bond acceptors (Lipinski definition) is 3. The molecule has 0 saturated heterocycles. The van der Waals surface area contributed by atoms with Crippen molar-refractivity contribution in [2.24, 2.45) is 0 Å². The number of nitrogens with zero attached hydrogens (tertiary/aromatic N) is 1. The second-order valence-electron chi connectivity index (χ2n) is 3.80. The molecule has 2 N–H and O–H groups in total. The van der Waals surface area contributed by atoms with E-state index in [1.807, 2.05) is 24.3 Å². The number of aromatic nitrogens is 1. The van der Waals surface area contributed by atoms with Crippen molar-refractivity contribution in [2.45, 2.75) is 11.3 Å². The minimum Gasteiger partial charge on any atom is -0.398 e. The van der Waals surface area contributed by atoms with Gasteiger partial charge in [0.1, 0.15) is 0 Å². The molecule has 1 aromatic heterocycles. The zero-order valence-electron chi connectivity index (χ0n) is 9.67. The summed E-state index contributed by atoms with van der Waals surface area (Å²) in [5, 5.41) is 0. The molecule has 3 nitrogen and oxygen atoms in total. The molecule has 1 aromatic carbocycles. The van der Waals surface area contributed by atoms with Crippen molar-refractivity contribution >= 4 is 32.4 Å². The van der Waals surface area contributed by atoms with Gasteiger partial charge in [-0.3, -0.25) is 9.19 Å². The number of pyridine rings is 1. The largest absolute Gasteiger partial charge is 0.398 e. The normalized spacial score (nSPS) is 12.3. The van der Waals surface area contributed by atoms with Gasteiger partial charge in [0.05, 0.1) is 15.7 Å². The van der Waals surface area contributed by atoms with Crippen molar-refractivity contribution in [1.29, 1.82) is 0 Å².